The van der Waals surface area contributed by atoms with Crippen LogP contribution in [0.25, 0.3) is 0 Å². The van der Waals surface area contributed by atoms with Crippen molar-refractivity contribution < 1.29 is 4.74 Å². The third-order valence-corrected chi connectivity index (χ3v) is 2.81. The molecule has 0 radical (unpaired) electrons. The number of rotatable bonds is 5. The zero-order valence-corrected chi connectivity index (χ0v) is 11.4. The Balaban J connectivity index is 2.13. The van der Waals surface area contributed by atoms with E-state index in [9.17, 15) is 0 Å². The molecule has 0 spiro atoms. The van der Waals surface area contributed by atoms with E-state index in [-0.39, 0.29) is 0 Å². The van der Waals surface area contributed by atoms with Gasteiger partial charge in [-0.05, 0) is 23.8 Å². The second kappa shape index (κ2) is 6.04. The number of hydrogen-bond donors (Lipinski definition) is 1. The van der Waals surface area contributed by atoms with Crippen LogP contribution in [-0.4, -0.2) is 31.2 Å². The van der Waals surface area contributed by atoms with Gasteiger partial charge in [0.05, 0.1) is 7.11 Å². The molecule has 1 N–H and O–H groups in total. The quantitative estimate of drug-likeness (QED) is 0.890. The van der Waals surface area contributed by atoms with Crippen molar-refractivity contribution in [3.63, 3.8) is 0 Å². The van der Waals surface area contributed by atoms with Gasteiger partial charge in [0.25, 0.3) is 0 Å². The van der Waals surface area contributed by atoms with Gasteiger partial charge in [0.1, 0.15) is 11.6 Å². The summed E-state index contributed by atoms with van der Waals surface area (Å²) in [6.07, 6.45) is 1.75. The molecule has 0 atom stereocenters. The highest BCUT2D eigenvalue weighted by Gasteiger charge is 2.05. The van der Waals surface area contributed by atoms with Gasteiger partial charge in [-0.15, -0.1) is 0 Å². The van der Waals surface area contributed by atoms with Crippen LogP contribution in [0.15, 0.2) is 36.5 Å². The molecule has 0 fully saturated rings. The summed E-state index contributed by atoms with van der Waals surface area (Å²) in [5.74, 6) is 2.36. The lowest BCUT2D eigenvalue weighted by Crippen LogP contribution is -2.18. The molecule has 0 bridgehead atoms. The third kappa shape index (κ3) is 3.34. The van der Waals surface area contributed by atoms with Gasteiger partial charge in [0.2, 0.25) is 5.95 Å². The number of nitrogens with one attached hydrogen (secondary N) is 1. The van der Waals surface area contributed by atoms with Crippen molar-refractivity contribution in [2.45, 2.75) is 6.54 Å². The summed E-state index contributed by atoms with van der Waals surface area (Å²) in [7, 11) is 5.48. The molecule has 2 aromatic rings. The largest absolute Gasteiger partial charge is 0.497 e. The molecule has 0 aliphatic heterocycles. The lowest BCUT2D eigenvalue weighted by molar-refractivity contribution is 0.414. The standard InChI is InChI=1S/C14H18N4O/c1-15-14-16-8-7-13(17-14)18(2)10-11-5-4-6-12(9-11)19-3/h4-9H,10H2,1-3H3,(H,15,16,17). The first kappa shape index (κ1) is 13.1. The van der Waals surface area contributed by atoms with Crippen LogP contribution in [0, 0.1) is 0 Å². The maximum atomic E-state index is 5.22. The molecule has 0 aliphatic rings. The zero-order valence-electron chi connectivity index (χ0n) is 11.4. The summed E-state index contributed by atoms with van der Waals surface area (Å²) < 4.78 is 5.22. The predicted molar refractivity (Wildman–Crippen MR) is 76.7 cm³/mol. The molecule has 2 rings (SSSR count). The van der Waals surface area contributed by atoms with Crippen molar-refractivity contribution in [3.8, 4) is 5.75 Å². The van der Waals surface area contributed by atoms with Gasteiger partial charge in [-0.1, -0.05) is 12.1 Å². The van der Waals surface area contributed by atoms with E-state index in [2.05, 4.69) is 26.3 Å². The minimum atomic E-state index is 0.620. The molecule has 0 saturated heterocycles. The highest BCUT2D eigenvalue weighted by Crippen LogP contribution is 2.17. The van der Waals surface area contributed by atoms with Crippen LogP contribution in [-0.2, 0) is 6.54 Å². The summed E-state index contributed by atoms with van der Waals surface area (Å²) in [6.45, 7) is 0.761. The van der Waals surface area contributed by atoms with E-state index >= 15 is 0 Å². The Bertz CT molecular complexity index is 544. The second-order valence-corrected chi connectivity index (χ2v) is 4.20. The summed E-state index contributed by atoms with van der Waals surface area (Å²) in [6, 6.07) is 9.91. The van der Waals surface area contributed by atoms with Crippen LogP contribution < -0.4 is 15.0 Å². The Hall–Kier alpha value is -2.30. The van der Waals surface area contributed by atoms with Gasteiger partial charge in [0.15, 0.2) is 0 Å². The average molecular weight is 258 g/mol. The van der Waals surface area contributed by atoms with Gasteiger partial charge >= 0.3 is 0 Å². The molecule has 1 aromatic carbocycles. The smallest absolute Gasteiger partial charge is 0.224 e. The van der Waals surface area contributed by atoms with Crippen molar-refractivity contribution in [1.82, 2.24) is 9.97 Å². The monoisotopic (exact) mass is 258 g/mol. The Morgan fingerprint density at radius 1 is 1.32 bits per heavy atom. The normalized spacial score (nSPS) is 10.1. The molecular formula is C14H18N4O. The number of ether oxygens (including phenoxy) is 1. The molecule has 1 heterocycles. The fourth-order valence-corrected chi connectivity index (χ4v) is 1.81. The number of nitrogens with zero attached hydrogens (tertiary/aromatic N) is 3. The fraction of sp³-hybridized carbons (Fsp3) is 0.286. The van der Waals surface area contributed by atoms with Crippen molar-refractivity contribution >= 4 is 11.8 Å². The van der Waals surface area contributed by atoms with Crippen molar-refractivity contribution in [3.05, 3.63) is 42.1 Å². The van der Waals surface area contributed by atoms with Crippen LogP contribution in [0.3, 0.4) is 0 Å². The van der Waals surface area contributed by atoms with Crippen LogP contribution in [0.5, 0.6) is 5.75 Å². The molecule has 5 heteroatoms. The number of methoxy groups -OCH3 is 1. The van der Waals surface area contributed by atoms with Crippen molar-refractivity contribution in [2.75, 3.05) is 31.4 Å². The van der Waals surface area contributed by atoms with Crippen molar-refractivity contribution in [2.24, 2.45) is 0 Å². The Labute approximate surface area is 113 Å². The first-order valence-corrected chi connectivity index (χ1v) is 6.08. The molecule has 19 heavy (non-hydrogen) atoms. The maximum Gasteiger partial charge on any atom is 0.224 e. The first-order chi connectivity index (χ1) is 9.22. The van der Waals surface area contributed by atoms with Gasteiger partial charge in [-0.2, -0.15) is 4.98 Å². The summed E-state index contributed by atoms with van der Waals surface area (Å²) in [4.78, 5) is 10.6. The molecule has 5 nitrogen and oxygen atoms in total. The van der Waals surface area contributed by atoms with Crippen LogP contribution >= 0.6 is 0 Å². The van der Waals surface area contributed by atoms with Gasteiger partial charge in [-0.25, -0.2) is 4.98 Å². The van der Waals surface area contributed by atoms with E-state index in [0.29, 0.717) is 5.95 Å². The molecule has 0 unspecified atom stereocenters. The lowest BCUT2D eigenvalue weighted by atomic mass is 10.2. The van der Waals surface area contributed by atoms with Crippen LogP contribution in [0.1, 0.15) is 5.56 Å². The van der Waals surface area contributed by atoms with E-state index in [0.717, 1.165) is 18.1 Å². The molecular weight excluding hydrogens is 240 g/mol. The fourth-order valence-electron chi connectivity index (χ4n) is 1.81. The Morgan fingerprint density at radius 2 is 2.16 bits per heavy atom. The van der Waals surface area contributed by atoms with E-state index in [1.54, 1.807) is 20.4 Å². The maximum absolute atomic E-state index is 5.22. The Morgan fingerprint density at radius 3 is 2.89 bits per heavy atom. The topological polar surface area (TPSA) is 50.3 Å². The summed E-state index contributed by atoms with van der Waals surface area (Å²) >= 11 is 0. The summed E-state index contributed by atoms with van der Waals surface area (Å²) in [5.41, 5.74) is 1.17. The number of aromatic nitrogens is 2. The molecule has 0 aliphatic carbocycles. The van der Waals surface area contributed by atoms with E-state index in [1.807, 2.05) is 31.3 Å². The first-order valence-electron chi connectivity index (χ1n) is 6.08. The third-order valence-electron chi connectivity index (χ3n) is 2.81. The van der Waals surface area contributed by atoms with Crippen molar-refractivity contribution in [1.29, 1.82) is 0 Å². The molecule has 1 aromatic heterocycles. The molecule has 100 valence electrons. The molecule has 0 amide bonds. The number of anilines is 2. The predicted octanol–water partition coefficient (Wildman–Crippen LogP) is 2.16. The van der Waals surface area contributed by atoms with E-state index < -0.39 is 0 Å². The van der Waals surface area contributed by atoms with Crippen LogP contribution in [0.4, 0.5) is 11.8 Å². The van der Waals surface area contributed by atoms with Gasteiger partial charge < -0.3 is 15.0 Å². The van der Waals surface area contributed by atoms with E-state index in [4.69, 9.17) is 4.74 Å². The highest BCUT2D eigenvalue weighted by atomic mass is 16.5. The number of benzene rings is 1. The van der Waals surface area contributed by atoms with Crippen LogP contribution in [0.2, 0.25) is 0 Å². The SMILES string of the molecule is CNc1nccc(N(C)Cc2cccc(OC)c2)n1. The second-order valence-electron chi connectivity index (χ2n) is 4.20. The minimum Gasteiger partial charge on any atom is -0.497 e. The molecule has 0 saturated carbocycles. The zero-order chi connectivity index (χ0) is 13.7. The summed E-state index contributed by atoms with van der Waals surface area (Å²) in [5, 5.41) is 2.94. The lowest BCUT2D eigenvalue weighted by Gasteiger charge is -2.18. The minimum absolute atomic E-state index is 0.620. The van der Waals surface area contributed by atoms with Gasteiger partial charge in [0, 0.05) is 26.8 Å². The van der Waals surface area contributed by atoms with Gasteiger partial charge in [-0.3, -0.25) is 0 Å². The Kier molecular flexibility index (Phi) is 4.18. The van der Waals surface area contributed by atoms with E-state index in [1.165, 1.54) is 5.56 Å². The highest BCUT2D eigenvalue weighted by molar-refractivity contribution is 5.42. The average Bonchev–Trinajstić information content (AvgIpc) is 2.47. The number of hydrogen-bond acceptors (Lipinski definition) is 5.